The molecule has 3 fully saturated rings. The highest BCUT2D eigenvalue weighted by Crippen LogP contribution is 2.46. The summed E-state index contributed by atoms with van der Waals surface area (Å²) in [5, 5.41) is 10.00. The van der Waals surface area contributed by atoms with Crippen LogP contribution in [-0.2, 0) is 4.79 Å². The van der Waals surface area contributed by atoms with E-state index in [1.807, 2.05) is 13.0 Å². The third kappa shape index (κ3) is 3.44. The van der Waals surface area contributed by atoms with E-state index in [-0.39, 0.29) is 36.7 Å². The lowest BCUT2D eigenvalue weighted by Gasteiger charge is -2.29. The van der Waals surface area contributed by atoms with Crippen molar-refractivity contribution in [2.24, 2.45) is 11.3 Å². The number of aliphatic carboxylic acids is 1. The van der Waals surface area contributed by atoms with Crippen molar-refractivity contribution in [2.45, 2.75) is 38.6 Å². The van der Waals surface area contributed by atoms with Crippen LogP contribution in [0.1, 0.15) is 31.4 Å². The fraction of sp³-hybridized carbons (Fsp3) is 0.706. The van der Waals surface area contributed by atoms with Gasteiger partial charge in [-0.3, -0.25) is 9.69 Å². The number of aryl methyl sites for hydroxylation is 1. The number of carboxylic acids is 1. The number of hydrogen-bond donors (Lipinski definition) is 2. The quantitative estimate of drug-likeness (QED) is 0.795. The molecule has 2 atom stereocenters. The van der Waals surface area contributed by atoms with Gasteiger partial charge < -0.3 is 15.7 Å². The van der Waals surface area contributed by atoms with Crippen molar-refractivity contribution in [3.63, 3.8) is 0 Å². The van der Waals surface area contributed by atoms with Crippen molar-refractivity contribution >= 4 is 42.5 Å². The zero-order valence-electron chi connectivity index (χ0n) is 14.9. The maximum atomic E-state index is 12.2. The van der Waals surface area contributed by atoms with Crippen molar-refractivity contribution in [3.8, 4) is 0 Å². The Morgan fingerprint density at radius 1 is 1.23 bits per heavy atom. The van der Waals surface area contributed by atoms with Crippen LogP contribution in [0.4, 0.5) is 11.8 Å². The Morgan fingerprint density at radius 2 is 1.92 bits per heavy atom. The van der Waals surface area contributed by atoms with Gasteiger partial charge in [0.1, 0.15) is 11.2 Å². The Kier molecular flexibility index (Phi) is 6.25. The van der Waals surface area contributed by atoms with Gasteiger partial charge in [-0.1, -0.05) is 12.8 Å². The number of likely N-dealkylation sites (tertiary alicyclic amines) is 1. The largest absolute Gasteiger partial charge is 0.481 e. The summed E-state index contributed by atoms with van der Waals surface area (Å²) in [4.78, 5) is 25.1. The SMILES string of the molecule is Cc1cc(N2C[C@H]3CN(C4CCCC4)C[C@@]3(C(=O)O)C2)nc(N)n1.Cl.Cl. The van der Waals surface area contributed by atoms with Crippen LogP contribution < -0.4 is 10.6 Å². The van der Waals surface area contributed by atoms with Crippen molar-refractivity contribution < 1.29 is 9.90 Å². The number of nitrogens with zero attached hydrogens (tertiary/aromatic N) is 4. The summed E-state index contributed by atoms with van der Waals surface area (Å²) in [7, 11) is 0. The highest BCUT2D eigenvalue weighted by atomic mass is 35.5. The molecule has 0 aromatic carbocycles. The summed E-state index contributed by atoms with van der Waals surface area (Å²) < 4.78 is 0. The fourth-order valence-electron chi connectivity index (χ4n) is 4.87. The van der Waals surface area contributed by atoms with Gasteiger partial charge in [-0.05, 0) is 19.8 Å². The van der Waals surface area contributed by atoms with Gasteiger partial charge >= 0.3 is 5.97 Å². The summed E-state index contributed by atoms with van der Waals surface area (Å²) in [6.07, 6.45) is 4.98. The number of carboxylic acid groups (broad SMARTS) is 1. The van der Waals surface area contributed by atoms with Gasteiger partial charge in [0.05, 0.1) is 0 Å². The van der Waals surface area contributed by atoms with Gasteiger partial charge in [0, 0.05) is 49.9 Å². The first-order valence-corrected chi connectivity index (χ1v) is 8.81. The van der Waals surface area contributed by atoms with E-state index < -0.39 is 11.4 Å². The number of hydrogen-bond acceptors (Lipinski definition) is 6. The molecule has 1 saturated carbocycles. The zero-order chi connectivity index (χ0) is 16.9. The lowest BCUT2D eigenvalue weighted by atomic mass is 9.81. The molecule has 146 valence electrons. The maximum absolute atomic E-state index is 12.2. The molecular formula is C17H27Cl2N5O2. The predicted octanol–water partition coefficient (Wildman–Crippen LogP) is 1.98. The van der Waals surface area contributed by atoms with Crippen LogP contribution in [0.15, 0.2) is 6.07 Å². The number of aromatic nitrogens is 2. The molecule has 3 heterocycles. The molecule has 1 aliphatic carbocycles. The third-order valence-corrected chi connectivity index (χ3v) is 6.08. The van der Waals surface area contributed by atoms with Crippen LogP contribution in [0, 0.1) is 18.3 Å². The molecule has 0 unspecified atom stereocenters. The number of nitrogens with two attached hydrogens (primary N) is 1. The van der Waals surface area contributed by atoms with E-state index in [1.54, 1.807) is 0 Å². The number of anilines is 2. The maximum Gasteiger partial charge on any atom is 0.313 e. The minimum atomic E-state index is -0.684. The Balaban J connectivity index is 0.00000121. The summed E-state index contributed by atoms with van der Waals surface area (Å²) in [6, 6.07) is 2.47. The second-order valence-electron chi connectivity index (χ2n) is 7.63. The topological polar surface area (TPSA) is 95.6 Å². The van der Waals surface area contributed by atoms with Crippen LogP contribution in [0.3, 0.4) is 0 Å². The molecule has 9 heteroatoms. The molecule has 4 rings (SSSR count). The zero-order valence-corrected chi connectivity index (χ0v) is 16.6. The normalized spacial score (nSPS) is 28.5. The van der Waals surface area contributed by atoms with Gasteiger partial charge in [0.25, 0.3) is 0 Å². The average molecular weight is 404 g/mol. The van der Waals surface area contributed by atoms with Gasteiger partial charge in [0.2, 0.25) is 5.95 Å². The van der Waals surface area contributed by atoms with Gasteiger partial charge in [-0.2, -0.15) is 4.98 Å². The Hall–Kier alpha value is -1.31. The summed E-state index contributed by atoms with van der Waals surface area (Å²) >= 11 is 0. The van der Waals surface area contributed by atoms with E-state index >= 15 is 0 Å². The van der Waals surface area contributed by atoms with E-state index in [1.165, 1.54) is 25.7 Å². The van der Waals surface area contributed by atoms with Crippen molar-refractivity contribution in [1.29, 1.82) is 0 Å². The number of halogens is 2. The van der Waals surface area contributed by atoms with Crippen molar-refractivity contribution in [1.82, 2.24) is 14.9 Å². The highest BCUT2D eigenvalue weighted by molar-refractivity contribution is 5.85. The van der Waals surface area contributed by atoms with Crippen LogP contribution >= 0.6 is 24.8 Å². The second-order valence-corrected chi connectivity index (χ2v) is 7.63. The molecule has 0 radical (unpaired) electrons. The molecule has 7 nitrogen and oxygen atoms in total. The fourth-order valence-corrected chi connectivity index (χ4v) is 4.87. The van der Waals surface area contributed by atoms with Crippen LogP contribution in [0.2, 0.25) is 0 Å². The third-order valence-electron chi connectivity index (χ3n) is 6.08. The molecule has 26 heavy (non-hydrogen) atoms. The molecule has 2 aliphatic heterocycles. The number of nitrogen functional groups attached to an aromatic ring is 1. The van der Waals surface area contributed by atoms with Crippen LogP contribution in [0.25, 0.3) is 0 Å². The van der Waals surface area contributed by atoms with Crippen LogP contribution in [0.5, 0.6) is 0 Å². The standard InChI is InChI=1S/C17H25N5O2.2ClH/c1-11-6-14(20-16(18)19-11)22-8-12-7-21(13-4-2-3-5-13)9-17(12,10-22)15(23)24;;/h6,12-13H,2-5,7-10H2,1H3,(H,23,24)(H2,18,19,20);2*1H/t12-,17-;;/m1../s1. The minimum Gasteiger partial charge on any atom is -0.481 e. The highest BCUT2D eigenvalue weighted by Gasteiger charge is 2.58. The molecule has 2 saturated heterocycles. The summed E-state index contributed by atoms with van der Waals surface area (Å²) in [6.45, 7) is 4.66. The first-order valence-electron chi connectivity index (χ1n) is 8.81. The summed E-state index contributed by atoms with van der Waals surface area (Å²) in [5.41, 5.74) is 5.89. The van der Waals surface area contributed by atoms with Crippen molar-refractivity contribution in [2.75, 3.05) is 36.8 Å². The Morgan fingerprint density at radius 3 is 2.50 bits per heavy atom. The first kappa shape index (κ1) is 21.0. The van der Waals surface area contributed by atoms with E-state index in [0.29, 0.717) is 19.1 Å². The van der Waals surface area contributed by atoms with Gasteiger partial charge in [-0.25, -0.2) is 4.98 Å². The first-order chi connectivity index (χ1) is 11.5. The van der Waals surface area contributed by atoms with Gasteiger partial charge in [-0.15, -0.1) is 24.8 Å². The molecular weight excluding hydrogens is 377 g/mol. The number of fused-ring (bicyclic) bond motifs is 1. The van der Waals surface area contributed by atoms with E-state index in [0.717, 1.165) is 24.6 Å². The van der Waals surface area contributed by atoms with Crippen LogP contribution in [-0.4, -0.2) is 58.2 Å². The Bertz CT molecular complexity index is 650. The average Bonchev–Trinajstić information content (AvgIpc) is 3.20. The van der Waals surface area contributed by atoms with Crippen molar-refractivity contribution in [3.05, 3.63) is 11.8 Å². The molecule has 3 aliphatic rings. The molecule has 0 amide bonds. The smallest absolute Gasteiger partial charge is 0.313 e. The lowest BCUT2D eigenvalue weighted by molar-refractivity contribution is -0.148. The molecule has 1 aromatic rings. The predicted molar refractivity (Wildman–Crippen MR) is 105 cm³/mol. The monoisotopic (exact) mass is 403 g/mol. The van der Waals surface area contributed by atoms with E-state index in [4.69, 9.17) is 5.73 Å². The van der Waals surface area contributed by atoms with E-state index in [2.05, 4.69) is 19.8 Å². The molecule has 1 aromatic heterocycles. The number of carbonyl (C=O) groups is 1. The second kappa shape index (κ2) is 7.74. The van der Waals surface area contributed by atoms with Gasteiger partial charge in [0.15, 0.2) is 0 Å². The minimum absolute atomic E-state index is 0. The number of rotatable bonds is 3. The molecule has 0 bridgehead atoms. The molecule has 3 N–H and O–H groups in total. The summed E-state index contributed by atoms with van der Waals surface area (Å²) in [5.74, 6) is 0.475. The Labute approximate surface area is 166 Å². The molecule has 0 spiro atoms. The lowest BCUT2D eigenvalue weighted by Crippen LogP contribution is -2.42. The van der Waals surface area contributed by atoms with E-state index in [9.17, 15) is 9.90 Å².